The summed E-state index contributed by atoms with van der Waals surface area (Å²) in [5, 5.41) is 10.3. The predicted molar refractivity (Wildman–Crippen MR) is 133 cm³/mol. The van der Waals surface area contributed by atoms with Crippen molar-refractivity contribution in [1.29, 1.82) is 0 Å². The standard InChI is InChI=1S/C26H22ClFN6O/c1-15-8-22-23(9-16(15)2)33-25(32-22)19(17-6-4-3-5-7-17)12-29-26(35)24-20(27)10-18(11-21(24)28)34-13-30-31-14-34/h3-11,13-14,19H,12H2,1-2H3,(H,29,35)(H,32,33)/t19-/m0/s1. The lowest BCUT2D eigenvalue weighted by molar-refractivity contribution is 0.0948. The molecule has 0 saturated heterocycles. The summed E-state index contributed by atoms with van der Waals surface area (Å²) >= 11 is 6.31. The molecule has 0 bridgehead atoms. The minimum atomic E-state index is -0.732. The minimum absolute atomic E-state index is 0.00264. The number of halogens is 2. The highest BCUT2D eigenvalue weighted by atomic mass is 35.5. The zero-order valence-corrected chi connectivity index (χ0v) is 19.8. The number of fused-ring (bicyclic) bond motifs is 1. The van der Waals surface area contributed by atoms with E-state index in [2.05, 4.69) is 33.5 Å². The molecule has 7 nitrogen and oxygen atoms in total. The Morgan fingerprint density at radius 2 is 1.80 bits per heavy atom. The Hall–Kier alpha value is -4.04. The van der Waals surface area contributed by atoms with Gasteiger partial charge in [-0.25, -0.2) is 9.37 Å². The molecule has 0 saturated carbocycles. The molecule has 2 heterocycles. The van der Waals surface area contributed by atoms with Crippen molar-refractivity contribution in [2.45, 2.75) is 19.8 Å². The average molecular weight is 489 g/mol. The third-order valence-electron chi connectivity index (χ3n) is 6.09. The summed E-state index contributed by atoms with van der Waals surface area (Å²) in [5.41, 5.74) is 5.27. The number of hydrogen-bond acceptors (Lipinski definition) is 4. The molecular weight excluding hydrogens is 467 g/mol. The summed E-state index contributed by atoms with van der Waals surface area (Å²) in [5.74, 6) is -0.895. The van der Waals surface area contributed by atoms with Crippen LogP contribution in [0.2, 0.25) is 5.02 Å². The maximum atomic E-state index is 14.9. The van der Waals surface area contributed by atoms with Gasteiger partial charge < -0.3 is 10.3 Å². The first-order valence-corrected chi connectivity index (χ1v) is 11.4. The van der Waals surface area contributed by atoms with Crippen molar-refractivity contribution in [3.05, 3.63) is 106 Å². The van der Waals surface area contributed by atoms with E-state index in [1.807, 2.05) is 43.3 Å². The van der Waals surface area contributed by atoms with Crippen LogP contribution in [-0.2, 0) is 0 Å². The number of carbonyl (C=O) groups is 1. The van der Waals surface area contributed by atoms with Crippen molar-refractivity contribution < 1.29 is 9.18 Å². The maximum absolute atomic E-state index is 14.9. The highest BCUT2D eigenvalue weighted by Gasteiger charge is 2.23. The average Bonchev–Trinajstić information content (AvgIpc) is 3.50. The molecule has 0 aliphatic carbocycles. The van der Waals surface area contributed by atoms with Crippen LogP contribution in [0.25, 0.3) is 16.7 Å². The Morgan fingerprint density at radius 3 is 2.51 bits per heavy atom. The van der Waals surface area contributed by atoms with Crippen molar-refractivity contribution in [3.63, 3.8) is 0 Å². The van der Waals surface area contributed by atoms with Gasteiger partial charge in [-0.3, -0.25) is 9.36 Å². The number of aryl methyl sites for hydroxylation is 2. The molecule has 5 aromatic rings. The molecule has 0 radical (unpaired) electrons. The van der Waals surface area contributed by atoms with Gasteiger partial charge in [0.05, 0.1) is 33.2 Å². The first-order valence-electron chi connectivity index (χ1n) is 11.0. The van der Waals surface area contributed by atoms with Crippen molar-refractivity contribution >= 4 is 28.5 Å². The van der Waals surface area contributed by atoms with Crippen LogP contribution in [0, 0.1) is 19.7 Å². The molecule has 0 spiro atoms. The lowest BCUT2D eigenvalue weighted by Crippen LogP contribution is -2.30. The van der Waals surface area contributed by atoms with Crippen LogP contribution in [0.15, 0.2) is 67.3 Å². The molecule has 176 valence electrons. The number of aromatic amines is 1. The second kappa shape index (κ2) is 9.31. The number of benzene rings is 3. The minimum Gasteiger partial charge on any atom is -0.351 e. The fourth-order valence-corrected chi connectivity index (χ4v) is 4.34. The Kier molecular flexibility index (Phi) is 6.05. The van der Waals surface area contributed by atoms with E-state index >= 15 is 0 Å². The number of nitrogens with one attached hydrogen (secondary N) is 2. The number of imidazole rings is 1. The fraction of sp³-hybridized carbons (Fsp3) is 0.154. The summed E-state index contributed by atoms with van der Waals surface area (Å²) < 4.78 is 16.4. The molecule has 1 amide bonds. The molecule has 0 fully saturated rings. The summed E-state index contributed by atoms with van der Waals surface area (Å²) in [6.45, 7) is 4.30. The van der Waals surface area contributed by atoms with E-state index in [0.29, 0.717) is 11.5 Å². The number of nitrogens with zero attached hydrogens (tertiary/aromatic N) is 4. The smallest absolute Gasteiger partial charge is 0.255 e. The van der Waals surface area contributed by atoms with Gasteiger partial charge in [0.1, 0.15) is 24.3 Å². The van der Waals surface area contributed by atoms with Crippen LogP contribution in [0.1, 0.15) is 38.8 Å². The quantitative estimate of drug-likeness (QED) is 0.347. The summed E-state index contributed by atoms with van der Waals surface area (Å²) in [6.07, 6.45) is 2.84. The Balaban J connectivity index is 1.44. The van der Waals surface area contributed by atoms with Gasteiger partial charge in [-0.15, -0.1) is 10.2 Å². The third kappa shape index (κ3) is 4.52. The largest absolute Gasteiger partial charge is 0.351 e. The number of aromatic nitrogens is 5. The van der Waals surface area contributed by atoms with Gasteiger partial charge in [0.25, 0.3) is 5.91 Å². The van der Waals surface area contributed by atoms with Gasteiger partial charge in [0, 0.05) is 6.54 Å². The van der Waals surface area contributed by atoms with Gasteiger partial charge >= 0.3 is 0 Å². The number of hydrogen-bond donors (Lipinski definition) is 2. The van der Waals surface area contributed by atoms with Gasteiger partial charge in [-0.2, -0.15) is 0 Å². The third-order valence-corrected chi connectivity index (χ3v) is 6.38. The molecule has 9 heteroatoms. The van der Waals surface area contributed by atoms with E-state index in [-0.39, 0.29) is 23.0 Å². The van der Waals surface area contributed by atoms with E-state index in [0.717, 1.165) is 27.7 Å². The van der Waals surface area contributed by atoms with Crippen molar-refractivity contribution in [3.8, 4) is 5.69 Å². The summed E-state index contributed by atoms with van der Waals surface area (Å²) in [6, 6.07) is 16.6. The van der Waals surface area contributed by atoms with Gasteiger partial charge in [-0.1, -0.05) is 41.9 Å². The number of amides is 1. The molecule has 2 aromatic heterocycles. The topological polar surface area (TPSA) is 88.5 Å². The number of H-pyrrole nitrogens is 1. The summed E-state index contributed by atoms with van der Waals surface area (Å²) in [7, 11) is 0. The van der Waals surface area contributed by atoms with Crippen LogP contribution in [0.3, 0.4) is 0 Å². The van der Waals surface area contributed by atoms with Crippen LogP contribution in [-0.4, -0.2) is 37.2 Å². The highest BCUT2D eigenvalue weighted by Crippen LogP contribution is 2.27. The molecule has 3 aromatic carbocycles. The maximum Gasteiger partial charge on any atom is 0.255 e. The van der Waals surface area contributed by atoms with E-state index in [4.69, 9.17) is 16.6 Å². The van der Waals surface area contributed by atoms with Crippen molar-refractivity contribution in [1.82, 2.24) is 30.0 Å². The Bertz CT molecular complexity index is 1450. The second-order valence-electron chi connectivity index (χ2n) is 8.40. The van der Waals surface area contributed by atoms with Crippen LogP contribution < -0.4 is 5.32 Å². The molecule has 5 rings (SSSR count). The first-order chi connectivity index (χ1) is 16.9. The highest BCUT2D eigenvalue weighted by molar-refractivity contribution is 6.34. The van der Waals surface area contributed by atoms with Gasteiger partial charge in [0.2, 0.25) is 0 Å². The molecule has 1 atom stereocenters. The second-order valence-corrected chi connectivity index (χ2v) is 8.81. The van der Waals surface area contributed by atoms with E-state index in [1.165, 1.54) is 29.4 Å². The molecule has 0 unspecified atom stereocenters. The predicted octanol–water partition coefficient (Wildman–Crippen LogP) is 5.11. The number of carbonyl (C=O) groups excluding carboxylic acids is 1. The molecule has 0 aliphatic heterocycles. The lowest BCUT2D eigenvalue weighted by atomic mass is 9.98. The van der Waals surface area contributed by atoms with Crippen molar-refractivity contribution in [2.75, 3.05) is 6.54 Å². The molecular formula is C26H22ClFN6O. The zero-order valence-electron chi connectivity index (χ0n) is 19.1. The van der Waals surface area contributed by atoms with E-state index in [1.54, 1.807) is 0 Å². The Labute approximate surface area is 206 Å². The molecule has 0 aliphatic rings. The normalized spacial score (nSPS) is 12.1. The lowest BCUT2D eigenvalue weighted by Gasteiger charge is -2.17. The Morgan fingerprint density at radius 1 is 1.09 bits per heavy atom. The van der Waals surface area contributed by atoms with Gasteiger partial charge in [0.15, 0.2) is 0 Å². The first kappa shape index (κ1) is 22.7. The van der Waals surface area contributed by atoms with E-state index in [9.17, 15) is 9.18 Å². The number of rotatable bonds is 6. The van der Waals surface area contributed by atoms with Crippen molar-refractivity contribution in [2.24, 2.45) is 0 Å². The van der Waals surface area contributed by atoms with Gasteiger partial charge in [-0.05, 0) is 54.8 Å². The van der Waals surface area contributed by atoms with E-state index < -0.39 is 11.7 Å². The molecule has 2 N–H and O–H groups in total. The fourth-order valence-electron chi connectivity index (χ4n) is 4.05. The van der Waals surface area contributed by atoms with Crippen LogP contribution in [0.4, 0.5) is 4.39 Å². The van der Waals surface area contributed by atoms with Crippen LogP contribution in [0.5, 0.6) is 0 Å². The van der Waals surface area contributed by atoms with Crippen LogP contribution >= 0.6 is 11.6 Å². The molecule has 35 heavy (non-hydrogen) atoms. The zero-order chi connectivity index (χ0) is 24.5. The SMILES string of the molecule is Cc1cc2nc([C@@H](CNC(=O)c3c(F)cc(-n4cnnc4)cc3Cl)c3ccccc3)[nH]c2cc1C. The summed E-state index contributed by atoms with van der Waals surface area (Å²) in [4.78, 5) is 21.2. The monoisotopic (exact) mass is 488 g/mol.